The average molecular weight is 312 g/mol. The maximum absolute atomic E-state index is 11.9. The molecule has 1 N–H and O–H groups in total. The third-order valence-electron chi connectivity index (χ3n) is 2.96. The molecule has 1 amide bonds. The van der Waals surface area contributed by atoms with E-state index in [0.717, 1.165) is 11.3 Å². The molecule has 118 valence electrons. The number of anilines is 1. The van der Waals surface area contributed by atoms with Crippen molar-refractivity contribution < 1.29 is 13.2 Å². The number of carbonyl (C=O) groups is 1. The smallest absolute Gasteiger partial charge is 0.225 e. The minimum atomic E-state index is -3.28. The summed E-state index contributed by atoms with van der Waals surface area (Å²) in [6.45, 7) is 6.50. The lowest BCUT2D eigenvalue weighted by molar-refractivity contribution is -0.116. The van der Waals surface area contributed by atoms with Gasteiger partial charge in [-0.3, -0.25) is 4.79 Å². The molecule has 6 heteroatoms. The lowest BCUT2D eigenvalue weighted by Gasteiger charge is -2.21. The summed E-state index contributed by atoms with van der Waals surface area (Å²) < 4.78 is 24.7. The highest BCUT2D eigenvalue weighted by molar-refractivity contribution is 7.88. The van der Waals surface area contributed by atoms with Crippen LogP contribution in [0.3, 0.4) is 0 Å². The first-order valence-electron chi connectivity index (χ1n) is 7.00. The molecule has 0 radical (unpaired) electrons. The molecule has 0 unspecified atom stereocenters. The minimum Gasteiger partial charge on any atom is -0.326 e. The Bertz CT molecular complexity index is 565. The maximum Gasteiger partial charge on any atom is 0.225 e. The highest BCUT2D eigenvalue weighted by Crippen LogP contribution is 2.10. The van der Waals surface area contributed by atoms with Crippen LogP contribution in [0.15, 0.2) is 24.3 Å². The topological polar surface area (TPSA) is 66.5 Å². The molecule has 0 aromatic heterocycles. The van der Waals surface area contributed by atoms with Gasteiger partial charge < -0.3 is 5.32 Å². The minimum absolute atomic E-state index is 0.146. The highest BCUT2D eigenvalue weighted by atomic mass is 32.2. The van der Waals surface area contributed by atoms with E-state index in [1.54, 1.807) is 0 Å². The molecule has 0 heterocycles. The van der Waals surface area contributed by atoms with Gasteiger partial charge in [0.1, 0.15) is 0 Å². The van der Waals surface area contributed by atoms with Gasteiger partial charge in [-0.25, -0.2) is 12.7 Å². The van der Waals surface area contributed by atoms with E-state index in [1.807, 2.05) is 45.0 Å². The van der Waals surface area contributed by atoms with Crippen molar-refractivity contribution >= 4 is 21.6 Å². The summed E-state index contributed by atoms with van der Waals surface area (Å²) in [5, 5.41) is 2.77. The van der Waals surface area contributed by atoms with Gasteiger partial charge in [-0.2, -0.15) is 0 Å². The van der Waals surface area contributed by atoms with Crippen LogP contribution in [0, 0.1) is 12.8 Å². The zero-order chi connectivity index (χ0) is 16.0. The molecule has 21 heavy (non-hydrogen) atoms. The Hall–Kier alpha value is -1.40. The Morgan fingerprint density at radius 2 is 1.81 bits per heavy atom. The molecule has 0 saturated heterocycles. The number of amides is 1. The number of hydrogen-bond acceptors (Lipinski definition) is 3. The predicted octanol–water partition coefficient (Wildman–Crippen LogP) is 2.24. The van der Waals surface area contributed by atoms with Crippen molar-refractivity contribution in [3.63, 3.8) is 0 Å². The van der Waals surface area contributed by atoms with E-state index in [0.29, 0.717) is 6.54 Å². The van der Waals surface area contributed by atoms with Crippen LogP contribution in [-0.2, 0) is 14.8 Å². The fraction of sp³-hybridized carbons (Fsp3) is 0.533. The number of rotatable bonds is 7. The summed E-state index contributed by atoms with van der Waals surface area (Å²) in [4.78, 5) is 11.9. The molecule has 1 aromatic rings. The number of sulfonamides is 1. The molecule has 0 saturated carbocycles. The average Bonchev–Trinajstić information content (AvgIpc) is 2.35. The third-order valence-corrected chi connectivity index (χ3v) is 4.23. The Balaban J connectivity index is 2.55. The van der Waals surface area contributed by atoms with E-state index in [4.69, 9.17) is 0 Å². The standard InChI is InChI=1S/C15H24N2O3S/c1-12(2)11-17(21(4,19)20)10-9-15(18)16-14-7-5-13(3)6-8-14/h5-8,12H,9-11H2,1-4H3,(H,16,18). The van der Waals surface area contributed by atoms with Crippen molar-refractivity contribution in [2.24, 2.45) is 5.92 Å². The molecule has 0 atom stereocenters. The summed E-state index contributed by atoms with van der Waals surface area (Å²) in [5.74, 6) is 0.0381. The van der Waals surface area contributed by atoms with Gasteiger partial charge in [0.05, 0.1) is 6.26 Å². The van der Waals surface area contributed by atoms with E-state index in [9.17, 15) is 13.2 Å². The van der Waals surface area contributed by atoms with E-state index in [1.165, 1.54) is 10.6 Å². The van der Waals surface area contributed by atoms with Crippen LogP contribution < -0.4 is 5.32 Å². The van der Waals surface area contributed by atoms with Gasteiger partial charge in [0.2, 0.25) is 15.9 Å². The summed E-state index contributed by atoms with van der Waals surface area (Å²) in [6, 6.07) is 7.49. The van der Waals surface area contributed by atoms with Gasteiger partial charge in [-0.05, 0) is 25.0 Å². The highest BCUT2D eigenvalue weighted by Gasteiger charge is 2.18. The van der Waals surface area contributed by atoms with E-state index >= 15 is 0 Å². The van der Waals surface area contributed by atoms with Gasteiger partial charge >= 0.3 is 0 Å². The molecule has 0 spiro atoms. The van der Waals surface area contributed by atoms with Crippen LogP contribution in [0.4, 0.5) is 5.69 Å². The molecule has 0 bridgehead atoms. The van der Waals surface area contributed by atoms with Crippen LogP contribution in [-0.4, -0.2) is 38.0 Å². The second-order valence-electron chi connectivity index (χ2n) is 5.68. The van der Waals surface area contributed by atoms with Crippen LogP contribution in [0.25, 0.3) is 0 Å². The van der Waals surface area contributed by atoms with Gasteiger partial charge in [-0.1, -0.05) is 31.5 Å². The normalized spacial score (nSPS) is 11.9. The van der Waals surface area contributed by atoms with Gasteiger partial charge in [0.15, 0.2) is 0 Å². The Morgan fingerprint density at radius 3 is 2.29 bits per heavy atom. The van der Waals surface area contributed by atoms with Crippen LogP contribution >= 0.6 is 0 Å². The lowest BCUT2D eigenvalue weighted by atomic mass is 10.2. The predicted molar refractivity (Wildman–Crippen MR) is 85.7 cm³/mol. The molecular weight excluding hydrogens is 288 g/mol. The van der Waals surface area contributed by atoms with Crippen molar-refractivity contribution in [1.29, 1.82) is 0 Å². The first-order valence-corrected chi connectivity index (χ1v) is 8.85. The summed E-state index contributed by atoms with van der Waals surface area (Å²) in [6.07, 6.45) is 1.32. The number of hydrogen-bond donors (Lipinski definition) is 1. The third kappa shape index (κ3) is 6.73. The molecule has 1 aromatic carbocycles. The van der Waals surface area contributed by atoms with E-state index in [-0.39, 0.29) is 24.8 Å². The molecule has 1 rings (SSSR count). The van der Waals surface area contributed by atoms with Gasteiger partial charge in [0, 0.05) is 25.2 Å². The first kappa shape index (κ1) is 17.7. The van der Waals surface area contributed by atoms with Crippen molar-refractivity contribution in [2.75, 3.05) is 24.7 Å². The first-order chi connectivity index (χ1) is 9.68. The monoisotopic (exact) mass is 312 g/mol. The van der Waals surface area contributed by atoms with Gasteiger partial charge in [-0.15, -0.1) is 0 Å². The number of aryl methyl sites for hydroxylation is 1. The zero-order valence-corrected chi connectivity index (χ0v) is 13.9. The Morgan fingerprint density at radius 1 is 1.24 bits per heavy atom. The zero-order valence-electron chi connectivity index (χ0n) is 13.1. The molecule has 0 fully saturated rings. The Kier molecular flexibility index (Phi) is 6.36. The Labute approximate surface area is 127 Å². The second kappa shape index (κ2) is 7.56. The lowest BCUT2D eigenvalue weighted by Crippen LogP contribution is -2.35. The second-order valence-corrected chi connectivity index (χ2v) is 7.66. The molecular formula is C15H24N2O3S. The van der Waals surface area contributed by atoms with Crippen molar-refractivity contribution in [3.05, 3.63) is 29.8 Å². The molecule has 0 aliphatic carbocycles. The van der Waals surface area contributed by atoms with Crippen molar-refractivity contribution in [2.45, 2.75) is 27.2 Å². The van der Waals surface area contributed by atoms with Crippen molar-refractivity contribution in [1.82, 2.24) is 4.31 Å². The van der Waals surface area contributed by atoms with Crippen LogP contribution in [0.5, 0.6) is 0 Å². The number of benzene rings is 1. The van der Waals surface area contributed by atoms with E-state index < -0.39 is 10.0 Å². The maximum atomic E-state index is 11.9. The fourth-order valence-electron chi connectivity index (χ4n) is 1.89. The number of nitrogens with zero attached hydrogens (tertiary/aromatic N) is 1. The molecule has 0 aliphatic heterocycles. The number of carbonyl (C=O) groups excluding carboxylic acids is 1. The van der Waals surface area contributed by atoms with Crippen molar-refractivity contribution in [3.8, 4) is 0 Å². The summed E-state index contributed by atoms with van der Waals surface area (Å²) in [5.41, 5.74) is 1.84. The quantitative estimate of drug-likeness (QED) is 0.839. The molecule has 0 aliphatic rings. The van der Waals surface area contributed by atoms with Crippen LogP contribution in [0.1, 0.15) is 25.8 Å². The molecule has 5 nitrogen and oxygen atoms in total. The fourth-order valence-corrected chi connectivity index (χ4v) is 2.88. The van der Waals surface area contributed by atoms with Crippen LogP contribution in [0.2, 0.25) is 0 Å². The number of nitrogens with one attached hydrogen (secondary N) is 1. The van der Waals surface area contributed by atoms with Gasteiger partial charge in [0.25, 0.3) is 0 Å². The summed E-state index contributed by atoms with van der Waals surface area (Å²) >= 11 is 0. The largest absolute Gasteiger partial charge is 0.326 e. The SMILES string of the molecule is Cc1ccc(NC(=O)CCN(CC(C)C)S(C)(=O)=O)cc1. The van der Waals surface area contributed by atoms with E-state index in [2.05, 4.69) is 5.32 Å². The summed E-state index contributed by atoms with van der Waals surface area (Å²) in [7, 11) is -3.28.